The minimum Gasteiger partial charge on any atom is -0.308 e. The Kier molecular flexibility index (Phi) is 6.96. The number of carbonyl (C=O) groups is 1. The van der Waals surface area contributed by atoms with Gasteiger partial charge in [-0.25, -0.2) is 12.8 Å². The molecule has 5 nitrogen and oxygen atoms in total. The van der Waals surface area contributed by atoms with Crippen LogP contribution >= 0.6 is 0 Å². The lowest BCUT2D eigenvalue weighted by Crippen LogP contribution is -2.33. The van der Waals surface area contributed by atoms with E-state index in [2.05, 4.69) is 0 Å². The number of aryl methyl sites for hydroxylation is 2. The van der Waals surface area contributed by atoms with Gasteiger partial charge in [0.2, 0.25) is 10.0 Å². The number of sulfonamides is 1. The molecule has 0 saturated carbocycles. The van der Waals surface area contributed by atoms with E-state index in [-0.39, 0.29) is 10.5 Å². The second-order valence-corrected chi connectivity index (χ2v) is 8.51. The first-order valence-corrected chi connectivity index (χ1v) is 10.8. The van der Waals surface area contributed by atoms with Gasteiger partial charge in [0.25, 0.3) is 5.91 Å². The summed E-state index contributed by atoms with van der Waals surface area (Å²) < 4.78 is 41.3. The molecule has 2 aromatic carbocycles. The average molecular weight is 407 g/mol. The van der Waals surface area contributed by atoms with Gasteiger partial charge < -0.3 is 4.90 Å². The van der Waals surface area contributed by atoms with Crippen molar-refractivity contribution in [3.8, 4) is 0 Å². The number of anilines is 1. The molecule has 0 aliphatic carbocycles. The monoisotopic (exact) mass is 406 g/mol. The minimum atomic E-state index is -3.79. The van der Waals surface area contributed by atoms with Gasteiger partial charge in [-0.2, -0.15) is 4.31 Å². The lowest BCUT2D eigenvalue weighted by molar-refractivity contribution is 0.0984. The topological polar surface area (TPSA) is 57.7 Å². The van der Waals surface area contributed by atoms with E-state index in [1.165, 1.54) is 15.3 Å². The Bertz CT molecular complexity index is 970. The normalized spacial score (nSPS) is 11.7. The maximum Gasteiger partial charge on any atom is 0.261 e. The minimum absolute atomic E-state index is 0.0852. The molecule has 7 heteroatoms. The van der Waals surface area contributed by atoms with Crippen LogP contribution in [-0.4, -0.2) is 38.3 Å². The van der Waals surface area contributed by atoms with Crippen molar-refractivity contribution in [3.05, 3.63) is 58.9 Å². The molecular weight excluding hydrogens is 379 g/mol. The molecule has 0 fully saturated rings. The summed E-state index contributed by atoms with van der Waals surface area (Å²) in [5, 5.41) is 0. The zero-order valence-corrected chi connectivity index (χ0v) is 17.8. The van der Waals surface area contributed by atoms with Crippen LogP contribution in [0.4, 0.5) is 10.1 Å². The Morgan fingerprint density at radius 1 is 0.964 bits per heavy atom. The molecule has 2 aromatic rings. The fourth-order valence-electron chi connectivity index (χ4n) is 3.12. The van der Waals surface area contributed by atoms with Crippen LogP contribution in [0.2, 0.25) is 0 Å². The Morgan fingerprint density at radius 3 is 2.18 bits per heavy atom. The van der Waals surface area contributed by atoms with E-state index in [0.717, 1.165) is 23.3 Å². The van der Waals surface area contributed by atoms with Crippen molar-refractivity contribution in [3.63, 3.8) is 0 Å². The van der Waals surface area contributed by atoms with Crippen LogP contribution in [0.1, 0.15) is 42.3 Å². The molecule has 0 saturated heterocycles. The second-order valence-electron chi connectivity index (χ2n) is 6.57. The summed E-state index contributed by atoms with van der Waals surface area (Å²) >= 11 is 0. The van der Waals surface area contributed by atoms with Gasteiger partial charge in [-0.1, -0.05) is 26.0 Å². The molecule has 0 spiro atoms. The average Bonchev–Trinajstić information content (AvgIpc) is 2.66. The van der Waals surface area contributed by atoms with E-state index in [0.29, 0.717) is 25.3 Å². The number of amides is 1. The van der Waals surface area contributed by atoms with Gasteiger partial charge in [0, 0.05) is 25.3 Å². The molecular formula is C21H27FN2O3S. The Labute approximate surface area is 166 Å². The van der Waals surface area contributed by atoms with Crippen molar-refractivity contribution in [2.45, 2.75) is 39.5 Å². The van der Waals surface area contributed by atoms with E-state index in [1.807, 2.05) is 32.0 Å². The lowest BCUT2D eigenvalue weighted by Gasteiger charge is -2.24. The number of carbonyl (C=O) groups excluding carboxylic acids is 1. The van der Waals surface area contributed by atoms with Crippen LogP contribution in [0.3, 0.4) is 0 Å². The molecule has 0 atom stereocenters. The van der Waals surface area contributed by atoms with Crippen molar-refractivity contribution in [1.29, 1.82) is 0 Å². The molecule has 0 aromatic heterocycles. The van der Waals surface area contributed by atoms with Crippen molar-refractivity contribution in [2.24, 2.45) is 0 Å². The fourth-order valence-corrected chi connectivity index (χ4v) is 4.61. The highest BCUT2D eigenvalue weighted by atomic mass is 32.2. The van der Waals surface area contributed by atoms with Crippen LogP contribution in [0.25, 0.3) is 0 Å². The number of hydrogen-bond donors (Lipinski definition) is 0. The van der Waals surface area contributed by atoms with Gasteiger partial charge in [0.05, 0.1) is 10.5 Å². The predicted molar refractivity (Wildman–Crippen MR) is 110 cm³/mol. The molecule has 0 radical (unpaired) electrons. The van der Waals surface area contributed by atoms with E-state index in [4.69, 9.17) is 0 Å². The number of halogens is 1. The predicted octanol–water partition coefficient (Wildman–Crippen LogP) is 4.14. The first kappa shape index (κ1) is 22.0. The van der Waals surface area contributed by atoms with Crippen molar-refractivity contribution >= 4 is 21.6 Å². The van der Waals surface area contributed by atoms with Gasteiger partial charge >= 0.3 is 0 Å². The van der Waals surface area contributed by atoms with Crippen molar-refractivity contribution in [2.75, 3.05) is 24.5 Å². The quantitative estimate of drug-likeness (QED) is 0.694. The highest BCUT2D eigenvalue weighted by Gasteiger charge is 2.26. The van der Waals surface area contributed by atoms with E-state index in [1.54, 1.807) is 20.8 Å². The summed E-state index contributed by atoms with van der Waals surface area (Å²) in [6, 6.07) is 9.09. The first-order valence-electron chi connectivity index (χ1n) is 9.36. The maximum atomic E-state index is 14.5. The van der Waals surface area contributed by atoms with E-state index < -0.39 is 21.7 Å². The number of hydrogen-bond acceptors (Lipinski definition) is 3. The summed E-state index contributed by atoms with van der Waals surface area (Å²) in [6.07, 6.45) is 0. The maximum absolute atomic E-state index is 14.5. The molecule has 28 heavy (non-hydrogen) atoms. The van der Waals surface area contributed by atoms with Crippen LogP contribution in [0, 0.1) is 19.7 Å². The highest BCUT2D eigenvalue weighted by molar-refractivity contribution is 7.89. The van der Waals surface area contributed by atoms with Crippen molar-refractivity contribution < 1.29 is 17.6 Å². The third kappa shape index (κ3) is 4.25. The van der Waals surface area contributed by atoms with Gasteiger partial charge in [-0.15, -0.1) is 0 Å². The largest absolute Gasteiger partial charge is 0.308 e. The molecule has 0 unspecified atom stereocenters. The van der Waals surface area contributed by atoms with Gasteiger partial charge in [0.15, 0.2) is 0 Å². The summed E-state index contributed by atoms with van der Waals surface area (Å²) in [6.45, 7) is 9.98. The van der Waals surface area contributed by atoms with Gasteiger partial charge in [-0.3, -0.25) is 4.79 Å². The second kappa shape index (κ2) is 8.84. The number of nitrogens with zero attached hydrogens (tertiary/aromatic N) is 2. The summed E-state index contributed by atoms with van der Waals surface area (Å²) in [4.78, 5) is 14.5. The van der Waals surface area contributed by atoms with Crippen LogP contribution in [-0.2, 0) is 10.0 Å². The summed E-state index contributed by atoms with van der Waals surface area (Å²) in [5.41, 5.74) is 2.29. The smallest absolute Gasteiger partial charge is 0.261 e. The Hall–Kier alpha value is -2.25. The molecule has 0 N–H and O–H groups in total. The first-order chi connectivity index (χ1) is 13.2. The third-order valence-electron chi connectivity index (χ3n) is 4.73. The van der Waals surface area contributed by atoms with Crippen LogP contribution < -0.4 is 4.90 Å². The SMILES string of the molecule is CCN(C(=O)c1cc(S(=O)(=O)N(CC)CC)ccc1F)c1cc(C)ccc1C. The zero-order chi connectivity index (χ0) is 21.1. The molecule has 0 aliphatic rings. The van der Waals surface area contributed by atoms with Crippen LogP contribution in [0.5, 0.6) is 0 Å². The molecule has 0 bridgehead atoms. The standard InChI is InChI=1S/C21H27FN2O3S/c1-6-23(7-2)28(26,27)17-11-12-19(22)18(14-17)21(25)24(8-3)20-13-15(4)9-10-16(20)5/h9-14H,6-8H2,1-5H3. The molecule has 2 rings (SSSR count). The molecule has 0 aliphatic heterocycles. The highest BCUT2D eigenvalue weighted by Crippen LogP contribution is 2.26. The number of rotatable bonds is 7. The summed E-state index contributed by atoms with van der Waals surface area (Å²) in [5.74, 6) is -1.31. The third-order valence-corrected chi connectivity index (χ3v) is 6.77. The van der Waals surface area contributed by atoms with E-state index >= 15 is 0 Å². The van der Waals surface area contributed by atoms with Gasteiger partial charge in [-0.05, 0) is 56.2 Å². The molecule has 152 valence electrons. The van der Waals surface area contributed by atoms with Crippen molar-refractivity contribution in [1.82, 2.24) is 4.31 Å². The summed E-state index contributed by atoms with van der Waals surface area (Å²) in [7, 11) is -3.79. The van der Waals surface area contributed by atoms with Crippen LogP contribution in [0.15, 0.2) is 41.3 Å². The zero-order valence-electron chi connectivity index (χ0n) is 17.0. The molecule has 1 amide bonds. The lowest BCUT2D eigenvalue weighted by atomic mass is 10.1. The Balaban J connectivity index is 2.54. The van der Waals surface area contributed by atoms with E-state index in [9.17, 15) is 17.6 Å². The fraction of sp³-hybridized carbons (Fsp3) is 0.381. The Morgan fingerprint density at radius 2 is 1.61 bits per heavy atom. The molecule has 0 heterocycles. The number of benzene rings is 2. The van der Waals surface area contributed by atoms with Gasteiger partial charge in [0.1, 0.15) is 5.82 Å².